The van der Waals surface area contributed by atoms with Gasteiger partial charge < -0.3 is 20.4 Å². The Kier molecular flexibility index (Phi) is 6.12. The molecule has 0 unspecified atom stereocenters. The summed E-state index contributed by atoms with van der Waals surface area (Å²) in [5, 5.41) is 9.08. The number of halogens is 1. The van der Waals surface area contributed by atoms with E-state index in [0.717, 1.165) is 0 Å². The fraction of sp³-hybridized carbons (Fsp3) is 0.100. The van der Waals surface area contributed by atoms with Crippen LogP contribution in [0.2, 0.25) is 5.02 Å². The number of rotatable bonds is 7. The third-order valence-electron chi connectivity index (χ3n) is 3.69. The van der Waals surface area contributed by atoms with Crippen LogP contribution < -0.4 is 16.0 Å². The molecule has 0 spiro atoms. The molecule has 1 heterocycles. The first-order chi connectivity index (χ1) is 13.1. The zero-order valence-electron chi connectivity index (χ0n) is 14.4. The monoisotopic (exact) mass is 383 g/mol. The minimum Gasteiger partial charge on any atom is -0.467 e. The van der Waals surface area contributed by atoms with Gasteiger partial charge in [-0.2, -0.15) is 0 Å². The Labute approximate surface area is 161 Å². The Morgan fingerprint density at radius 1 is 0.963 bits per heavy atom. The SMILES string of the molecule is O=C(CNc1cccc(C(=O)NCc2ccco2)c1)Nc1cccc(Cl)c1. The fourth-order valence-corrected chi connectivity index (χ4v) is 2.60. The van der Waals surface area contributed by atoms with Gasteiger partial charge in [0, 0.05) is 22.0 Å². The van der Waals surface area contributed by atoms with Crippen molar-refractivity contribution in [3.8, 4) is 0 Å². The van der Waals surface area contributed by atoms with Crippen LogP contribution in [0.1, 0.15) is 16.1 Å². The molecule has 6 nitrogen and oxygen atoms in total. The molecule has 0 atom stereocenters. The minimum atomic E-state index is -0.224. The summed E-state index contributed by atoms with van der Waals surface area (Å²) in [4.78, 5) is 24.3. The first kappa shape index (κ1) is 18.5. The van der Waals surface area contributed by atoms with Crippen LogP contribution in [-0.2, 0) is 11.3 Å². The van der Waals surface area contributed by atoms with Gasteiger partial charge in [-0.3, -0.25) is 9.59 Å². The predicted molar refractivity (Wildman–Crippen MR) is 105 cm³/mol. The number of hydrogen-bond acceptors (Lipinski definition) is 4. The van der Waals surface area contributed by atoms with Crippen molar-refractivity contribution in [1.82, 2.24) is 5.32 Å². The largest absolute Gasteiger partial charge is 0.467 e. The van der Waals surface area contributed by atoms with Crippen LogP contribution in [-0.4, -0.2) is 18.4 Å². The Morgan fingerprint density at radius 3 is 2.56 bits per heavy atom. The van der Waals surface area contributed by atoms with Crippen LogP contribution in [0.25, 0.3) is 0 Å². The molecule has 0 aliphatic heterocycles. The van der Waals surface area contributed by atoms with Gasteiger partial charge in [0.25, 0.3) is 5.91 Å². The number of nitrogens with one attached hydrogen (secondary N) is 3. The summed E-state index contributed by atoms with van der Waals surface area (Å²) < 4.78 is 5.18. The second-order valence-corrected chi connectivity index (χ2v) is 6.19. The van der Waals surface area contributed by atoms with Gasteiger partial charge in [0.1, 0.15) is 5.76 Å². The van der Waals surface area contributed by atoms with E-state index in [1.807, 2.05) is 0 Å². The third kappa shape index (κ3) is 5.62. The van der Waals surface area contributed by atoms with E-state index in [-0.39, 0.29) is 18.4 Å². The van der Waals surface area contributed by atoms with Crippen LogP contribution in [0.15, 0.2) is 71.3 Å². The van der Waals surface area contributed by atoms with Crippen molar-refractivity contribution in [2.24, 2.45) is 0 Å². The summed E-state index contributed by atoms with van der Waals surface area (Å²) in [5.74, 6) is 0.235. The second kappa shape index (κ2) is 8.91. The highest BCUT2D eigenvalue weighted by molar-refractivity contribution is 6.30. The van der Waals surface area contributed by atoms with Crippen molar-refractivity contribution in [3.05, 3.63) is 83.3 Å². The molecule has 0 radical (unpaired) electrons. The molecule has 3 rings (SSSR count). The number of carbonyl (C=O) groups excluding carboxylic acids is 2. The molecule has 0 saturated heterocycles. The molecule has 1 aromatic heterocycles. The van der Waals surface area contributed by atoms with Crippen molar-refractivity contribution in [2.75, 3.05) is 17.2 Å². The van der Waals surface area contributed by atoms with E-state index >= 15 is 0 Å². The molecule has 2 amide bonds. The first-order valence-corrected chi connectivity index (χ1v) is 8.68. The topological polar surface area (TPSA) is 83.4 Å². The first-order valence-electron chi connectivity index (χ1n) is 8.30. The smallest absolute Gasteiger partial charge is 0.251 e. The average molecular weight is 384 g/mol. The Balaban J connectivity index is 1.52. The molecule has 3 aromatic rings. The number of hydrogen-bond donors (Lipinski definition) is 3. The van der Waals surface area contributed by atoms with Crippen molar-refractivity contribution >= 4 is 34.8 Å². The molecule has 27 heavy (non-hydrogen) atoms. The van der Waals surface area contributed by atoms with Crippen LogP contribution in [0.3, 0.4) is 0 Å². The lowest BCUT2D eigenvalue weighted by molar-refractivity contribution is -0.114. The summed E-state index contributed by atoms with van der Waals surface area (Å²) in [5.41, 5.74) is 1.78. The maximum absolute atomic E-state index is 12.2. The summed E-state index contributed by atoms with van der Waals surface area (Å²) in [6.45, 7) is 0.371. The Bertz CT molecular complexity index is 926. The quantitative estimate of drug-likeness (QED) is 0.577. The standard InChI is InChI=1S/C20H18ClN3O3/c21-15-5-2-7-17(11-15)24-19(25)13-22-16-6-1-4-14(10-16)20(26)23-12-18-8-3-9-27-18/h1-11,22H,12-13H2,(H,23,26)(H,24,25). The predicted octanol–water partition coefficient (Wildman–Crippen LogP) is 3.91. The zero-order valence-corrected chi connectivity index (χ0v) is 15.1. The van der Waals surface area contributed by atoms with Gasteiger partial charge in [-0.1, -0.05) is 23.7 Å². The number of carbonyl (C=O) groups is 2. The summed E-state index contributed by atoms with van der Waals surface area (Å²) in [7, 11) is 0. The van der Waals surface area contributed by atoms with Gasteiger partial charge in [0.15, 0.2) is 0 Å². The highest BCUT2D eigenvalue weighted by atomic mass is 35.5. The number of furan rings is 1. The van der Waals surface area contributed by atoms with Gasteiger partial charge in [0.2, 0.25) is 5.91 Å². The lowest BCUT2D eigenvalue weighted by Crippen LogP contribution is -2.23. The van der Waals surface area contributed by atoms with Gasteiger partial charge in [0.05, 0.1) is 19.4 Å². The number of anilines is 2. The van der Waals surface area contributed by atoms with Crippen molar-refractivity contribution in [2.45, 2.75) is 6.54 Å². The van der Waals surface area contributed by atoms with Gasteiger partial charge in [-0.05, 0) is 48.5 Å². The van der Waals surface area contributed by atoms with Gasteiger partial charge in [-0.15, -0.1) is 0 Å². The van der Waals surface area contributed by atoms with E-state index in [0.29, 0.717) is 34.3 Å². The van der Waals surface area contributed by atoms with Crippen molar-refractivity contribution in [1.29, 1.82) is 0 Å². The van der Waals surface area contributed by atoms with Gasteiger partial charge >= 0.3 is 0 Å². The van der Waals surface area contributed by atoms with E-state index < -0.39 is 0 Å². The highest BCUT2D eigenvalue weighted by Gasteiger charge is 2.08. The highest BCUT2D eigenvalue weighted by Crippen LogP contribution is 2.15. The van der Waals surface area contributed by atoms with E-state index in [9.17, 15) is 9.59 Å². The maximum Gasteiger partial charge on any atom is 0.251 e. The molecule has 0 saturated carbocycles. The molecular weight excluding hydrogens is 366 g/mol. The zero-order chi connectivity index (χ0) is 19.1. The van der Waals surface area contributed by atoms with E-state index in [1.165, 1.54) is 0 Å². The summed E-state index contributed by atoms with van der Waals surface area (Å²) in [6.07, 6.45) is 1.56. The lowest BCUT2D eigenvalue weighted by atomic mass is 10.2. The Morgan fingerprint density at radius 2 is 1.78 bits per heavy atom. The molecule has 0 aliphatic carbocycles. The van der Waals surface area contributed by atoms with Crippen molar-refractivity contribution < 1.29 is 14.0 Å². The Hall–Kier alpha value is -3.25. The van der Waals surface area contributed by atoms with E-state index in [2.05, 4.69) is 16.0 Å². The van der Waals surface area contributed by atoms with E-state index in [1.54, 1.807) is 66.9 Å². The van der Waals surface area contributed by atoms with E-state index in [4.69, 9.17) is 16.0 Å². The molecule has 138 valence electrons. The molecule has 0 fully saturated rings. The molecule has 0 aliphatic rings. The molecule has 2 aromatic carbocycles. The molecule has 7 heteroatoms. The normalized spacial score (nSPS) is 10.3. The second-order valence-electron chi connectivity index (χ2n) is 5.75. The summed E-state index contributed by atoms with van der Waals surface area (Å²) >= 11 is 5.90. The fourth-order valence-electron chi connectivity index (χ4n) is 2.41. The lowest BCUT2D eigenvalue weighted by Gasteiger charge is -2.09. The van der Waals surface area contributed by atoms with Crippen LogP contribution in [0, 0.1) is 0 Å². The number of benzene rings is 2. The van der Waals surface area contributed by atoms with Gasteiger partial charge in [-0.25, -0.2) is 0 Å². The average Bonchev–Trinajstić information content (AvgIpc) is 3.18. The van der Waals surface area contributed by atoms with Crippen LogP contribution in [0.4, 0.5) is 11.4 Å². The van der Waals surface area contributed by atoms with Crippen LogP contribution >= 0.6 is 11.6 Å². The summed E-state index contributed by atoms with van der Waals surface area (Å²) in [6, 6.07) is 17.4. The third-order valence-corrected chi connectivity index (χ3v) is 3.92. The van der Waals surface area contributed by atoms with Crippen molar-refractivity contribution in [3.63, 3.8) is 0 Å². The minimum absolute atomic E-state index is 0.0595. The molecule has 0 bridgehead atoms. The van der Waals surface area contributed by atoms with Crippen LogP contribution in [0.5, 0.6) is 0 Å². The maximum atomic E-state index is 12.2. The molecule has 3 N–H and O–H groups in total. The molecular formula is C20H18ClN3O3. The number of amides is 2.